The lowest BCUT2D eigenvalue weighted by Crippen LogP contribution is -2.07. The molecule has 1 aromatic rings. The zero-order valence-electron chi connectivity index (χ0n) is 10.5. The molecule has 89 valence electrons. The number of hydrogen-bond acceptors (Lipinski definition) is 2. The minimum atomic E-state index is -0.665. The smallest absolute Gasteiger partial charge is 0.206 e. The lowest BCUT2D eigenvalue weighted by molar-refractivity contribution is 0.379. The van der Waals surface area contributed by atoms with Gasteiger partial charge in [-0.3, -0.25) is 0 Å². The molecule has 2 nitrogen and oxygen atoms in total. The molecule has 0 aromatic heterocycles. The van der Waals surface area contributed by atoms with Crippen LogP contribution in [0.15, 0.2) is 36.4 Å². The first-order valence-corrected chi connectivity index (χ1v) is 7.94. The van der Waals surface area contributed by atoms with E-state index in [0.717, 1.165) is 11.3 Å². The normalized spacial score (nSPS) is 10.9. The van der Waals surface area contributed by atoms with Gasteiger partial charge in [-0.05, 0) is 32.0 Å². The van der Waals surface area contributed by atoms with Gasteiger partial charge in [-0.25, -0.2) is 0 Å². The number of allylic oxidation sites excluding steroid dienone is 1. The summed E-state index contributed by atoms with van der Waals surface area (Å²) in [6, 6.07) is 9.91. The number of hydrogen-bond donors (Lipinski definition) is 0. The molecule has 0 spiro atoms. The van der Waals surface area contributed by atoms with E-state index in [0.29, 0.717) is 6.61 Å². The van der Waals surface area contributed by atoms with Gasteiger partial charge >= 0.3 is 0 Å². The fourth-order valence-electron chi connectivity index (χ4n) is 1.19. The Kier molecular flexibility index (Phi) is 6.16. The summed E-state index contributed by atoms with van der Waals surface area (Å²) in [5.41, 5.74) is 1.03. The predicted molar refractivity (Wildman–Crippen MR) is 72.4 cm³/mol. The van der Waals surface area contributed by atoms with Gasteiger partial charge in [0.2, 0.25) is 9.04 Å². The van der Waals surface area contributed by atoms with Crippen LogP contribution in [0.1, 0.15) is 12.5 Å². The van der Waals surface area contributed by atoms with Crippen LogP contribution >= 0.6 is 0 Å². The summed E-state index contributed by atoms with van der Waals surface area (Å²) in [6.07, 6.45) is 4.57. The molecule has 17 heavy (non-hydrogen) atoms. The summed E-state index contributed by atoms with van der Waals surface area (Å²) in [7, 11) is -0.665. The van der Waals surface area contributed by atoms with Gasteiger partial charge in [0.15, 0.2) is 0 Å². The van der Waals surface area contributed by atoms with Gasteiger partial charge < -0.3 is 9.16 Å². The summed E-state index contributed by atoms with van der Waals surface area (Å²) in [6.45, 7) is 6.52. The average molecular weight is 245 g/mol. The maximum absolute atomic E-state index is 5.39. The molecule has 1 radical (unpaired) electrons. The van der Waals surface area contributed by atoms with Crippen molar-refractivity contribution in [2.75, 3.05) is 6.61 Å². The van der Waals surface area contributed by atoms with Gasteiger partial charge in [0.25, 0.3) is 0 Å². The van der Waals surface area contributed by atoms with Crippen LogP contribution in [0, 0.1) is 12.0 Å². The third-order valence-corrected chi connectivity index (χ3v) is 2.71. The molecule has 0 bridgehead atoms. The van der Waals surface area contributed by atoms with E-state index in [9.17, 15) is 0 Å². The summed E-state index contributed by atoms with van der Waals surface area (Å²) in [5, 5.41) is 0. The molecule has 0 aliphatic carbocycles. The summed E-state index contributed by atoms with van der Waals surface area (Å²) in [4.78, 5) is 0. The number of ether oxygens (including phenoxy) is 1. The van der Waals surface area contributed by atoms with E-state index in [2.05, 4.69) is 25.1 Å². The second-order valence-electron chi connectivity index (χ2n) is 3.60. The lowest BCUT2D eigenvalue weighted by atomic mass is 10.2. The molecule has 0 aliphatic heterocycles. The van der Waals surface area contributed by atoms with Gasteiger partial charge in [-0.15, -0.1) is 0 Å². The largest absolute Gasteiger partial charge is 0.407 e. The molecule has 0 atom stereocenters. The van der Waals surface area contributed by atoms with Crippen molar-refractivity contribution in [1.82, 2.24) is 0 Å². The lowest BCUT2D eigenvalue weighted by Gasteiger charge is -2.03. The molecule has 0 saturated carbocycles. The van der Waals surface area contributed by atoms with Crippen LogP contribution in [0.4, 0.5) is 0 Å². The summed E-state index contributed by atoms with van der Waals surface area (Å²) in [5.74, 6) is 3.62. The average Bonchev–Trinajstić information content (AvgIpc) is 2.34. The minimum Gasteiger partial charge on any atom is -0.407 e. The van der Waals surface area contributed by atoms with Crippen LogP contribution in [0.5, 0.6) is 0 Å². The Bertz CT molecular complexity index is 413. The van der Waals surface area contributed by atoms with Gasteiger partial charge in [-0.1, -0.05) is 30.3 Å². The molecule has 0 amide bonds. The van der Waals surface area contributed by atoms with E-state index in [4.69, 9.17) is 9.16 Å². The molecule has 0 aliphatic rings. The monoisotopic (exact) mass is 245 g/mol. The molecule has 3 heteroatoms. The van der Waals surface area contributed by atoms with E-state index < -0.39 is 9.04 Å². The second-order valence-corrected chi connectivity index (χ2v) is 5.70. The zero-order chi connectivity index (χ0) is 12.5. The third-order valence-electron chi connectivity index (χ3n) is 1.99. The number of benzene rings is 1. The van der Waals surface area contributed by atoms with Crippen molar-refractivity contribution in [2.24, 2.45) is 0 Å². The minimum absolute atomic E-state index is 0.438. The van der Waals surface area contributed by atoms with Gasteiger partial charge in [0.05, 0.1) is 6.61 Å². The van der Waals surface area contributed by atoms with Crippen LogP contribution in [0.25, 0.3) is 5.76 Å². The van der Waals surface area contributed by atoms with Crippen LogP contribution in [0.2, 0.25) is 13.1 Å². The molecule has 0 heterocycles. The van der Waals surface area contributed by atoms with E-state index in [1.54, 1.807) is 0 Å². The first kappa shape index (κ1) is 13.6. The van der Waals surface area contributed by atoms with Gasteiger partial charge in [0, 0.05) is 5.56 Å². The fraction of sp³-hybridized carbons (Fsp3) is 0.286. The molecular weight excluding hydrogens is 228 g/mol. The maximum atomic E-state index is 5.39. The topological polar surface area (TPSA) is 18.5 Å². The Labute approximate surface area is 105 Å². The van der Waals surface area contributed by atoms with Crippen molar-refractivity contribution in [3.05, 3.63) is 42.0 Å². The van der Waals surface area contributed by atoms with Crippen LogP contribution in [-0.2, 0) is 9.16 Å². The van der Waals surface area contributed by atoms with Crippen LogP contribution < -0.4 is 0 Å². The molecule has 1 rings (SSSR count). The Balaban J connectivity index is 2.50. The summed E-state index contributed by atoms with van der Waals surface area (Å²) >= 11 is 0. The fourth-order valence-corrected chi connectivity index (χ4v) is 1.55. The SMILES string of the molecule is C/C=C(\OC#CCO[Si](C)C)c1ccccc1. The van der Waals surface area contributed by atoms with Crippen molar-refractivity contribution in [1.29, 1.82) is 0 Å². The van der Waals surface area contributed by atoms with E-state index in [-0.39, 0.29) is 0 Å². The summed E-state index contributed by atoms with van der Waals surface area (Å²) < 4.78 is 10.8. The molecule has 0 unspecified atom stereocenters. The Morgan fingerprint density at radius 1 is 1.29 bits per heavy atom. The molecule has 0 fully saturated rings. The highest BCUT2D eigenvalue weighted by Gasteiger charge is 1.98. The Morgan fingerprint density at radius 3 is 2.59 bits per heavy atom. The van der Waals surface area contributed by atoms with Crippen molar-refractivity contribution in [3.8, 4) is 12.0 Å². The quantitative estimate of drug-likeness (QED) is 0.460. The van der Waals surface area contributed by atoms with Crippen LogP contribution in [-0.4, -0.2) is 15.6 Å². The molecular formula is C14H17O2Si. The highest BCUT2D eigenvalue weighted by atomic mass is 28.3. The molecule has 0 saturated heterocycles. The second kappa shape index (κ2) is 7.72. The Hall–Kier alpha value is -1.50. The standard InChI is InChI=1S/C14H17O2Si/c1-4-14(13-9-6-5-7-10-13)15-11-8-12-16-17(2)3/h4-7,9-10H,12H2,1-3H3/b14-4-. The molecule has 0 N–H and O–H groups in total. The van der Waals surface area contributed by atoms with Crippen molar-refractivity contribution in [3.63, 3.8) is 0 Å². The van der Waals surface area contributed by atoms with Gasteiger partial charge in [0.1, 0.15) is 11.9 Å². The highest BCUT2D eigenvalue weighted by Crippen LogP contribution is 2.14. The van der Waals surface area contributed by atoms with E-state index in [1.807, 2.05) is 43.3 Å². The zero-order valence-corrected chi connectivity index (χ0v) is 11.5. The predicted octanol–water partition coefficient (Wildman–Crippen LogP) is 3.29. The first-order valence-electron chi connectivity index (χ1n) is 5.53. The number of rotatable bonds is 4. The maximum Gasteiger partial charge on any atom is 0.206 e. The van der Waals surface area contributed by atoms with Crippen molar-refractivity contribution in [2.45, 2.75) is 20.0 Å². The van der Waals surface area contributed by atoms with Crippen molar-refractivity contribution >= 4 is 14.8 Å². The van der Waals surface area contributed by atoms with Crippen molar-refractivity contribution < 1.29 is 9.16 Å². The van der Waals surface area contributed by atoms with E-state index >= 15 is 0 Å². The van der Waals surface area contributed by atoms with E-state index in [1.165, 1.54) is 0 Å². The highest BCUT2D eigenvalue weighted by molar-refractivity contribution is 6.48. The molecule has 1 aromatic carbocycles. The Morgan fingerprint density at radius 2 is 2.00 bits per heavy atom. The van der Waals surface area contributed by atoms with Crippen LogP contribution in [0.3, 0.4) is 0 Å². The van der Waals surface area contributed by atoms with Gasteiger partial charge in [-0.2, -0.15) is 0 Å². The first-order chi connectivity index (χ1) is 8.24. The third kappa shape index (κ3) is 5.39.